The third-order valence-electron chi connectivity index (χ3n) is 4.52. The fourth-order valence-corrected chi connectivity index (χ4v) is 3.75. The maximum absolute atomic E-state index is 14.4. The molecule has 0 radical (unpaired) electrons. The summed E-state index contributed by atoms with van der Waals surface area (Å²) < 4.78 is 28.2. The first-order valence-electron chi connectivity index (χ1n) is 8.91. The van der Waals surface area contributed by atoms with Crippen LogP contribution in [-0.4, -0.2) is 25.6 Å². The van der Waals surface area contributed by atoms with Crippen molar-refractivity contribution in [1.82, 2.24) is 4.90 Å². The van der Waals surface area contributed by atoms with Gasteiger partial charge in [0.25, 0.3) is 0 Å². The molecule has 132 valence electrons. The molecule has 0 bridgehead atoms. The number of halogens is 2. The van der Waals surface area contributed by atoms with E-state index in [0.717, 1.165) is 12.1 Å². The van der Waals surface area contributed by atoms with Crippen LogP contribution in [0.15, 0.2) is 42.1 Å². The van der Waals surface area contributed by atoms with Gasteiger partial charge in [0, 0.05) is 24.9 Å². The zero-order chi connectivity index (χ0) is 18.0. The second-order valence-corrected chi connectivity index (χ2v) is 12.7. The summed E-state index contributed by atoms with van der Waals surface area (Å²) in [5.74, 6) is 2.31. The second-order valence-electron chi connectivity index (χ2n) is 7.96. The van der Waals surface area contributed by atoms with Gasteiger partial charge in [-0.2, -0.15) is 0 Å². The average Bonchev–Trinajstić information content (AvgIpc) is 3.38. The van der Waals surface area contributed by atoms with Crippen molar-refractivity contribution in [1.29, 1.82) is 0 Å². The minimum absolute atomic E-state index is 0.203. The first kappa shape index (κ1) is 17.9. The van der Waals surface area contributed by atoms with Crippen molar-refractivity contribution >= 4 is 8.07 Å². The maximum atomic E-state index is 14.4. The molecule has 25 heavy (non-hydrogen) atoms. The predicted octanol–water partition coefficient (Wildman–Crippen LogP) is 5.24. The van der Waals surface area contributed by atoms with Crippen molar-refractivity contribution in [3.05, 3.63) is 59.3 Å². The van der Waals surface area contributed by atoms with E-state index in [1.54, 1.807) is 0 Å². The van der Waals surface area contributed by atoms with E-state index in [1.165, 1.54) is 31.0 Å². The zero-order valence-electron chi connectivity index (χ0n) is 15.2. The van der Waals surface area contributed by atoms with E-state index in [4.69, 9.17) is 0 Å². The van der Waals surface area contributed by atoms with Gasteiger partial charge in [-0.05, 0) is 54.5 Å². The van der Waals surface area contributed by atoms with Crippen molar-refractivity contribution in [3.63, 3.8) is 0 Å². The summed E-state index contributed by atoms with van der Waals surface area (Å²) in [6, 6.07) is 4.33. The van der Waals surface area contributed by atoms with Crippen LogP contribution in [0.2, 0.25) is 19.6 Å². The quantitative estimate of drug-likeness (QED) is 0.526. The second kappa shape index (κ2) is 7.17. The molecule has 2 aliphatic rings. The third kappa shape index (κ3) is 4.82. The van der Waals surface area contributed by atoms with Gasteiger partial charge in [-0.25, -0.2) is 8.78 Å². The number of rotatable bonds is 4. The van der Waals surface area contributed by atoms with Gasteiger partial charge >= 0.3 is 0 Å². The van der Waals surface area contributed by atoms with Gasteiger partial charge in [-0.3, -0.25) is 0 Å². The molecule has 1 aliphatic heterocycles. The molecule has 0 saturated heterocycles. The summed E-state index contributed by atoms with van der Waals surface area (Å²) in [4.78, 5) is 2.31. The Bertz CT molecular complexity index is 760. The van der Waals surface area contributed by atoms with Crippen molar-refractivity contribution in [3.8, 4) is 11.5 Å². The Morgan fingerprint density at radius 3 is 2.68 bits per heavy atom. The SMILES string of the molecule is C[Si](C)(C)C#CCC(C1=CC=CN(C2CC2)C1)c1cc(F)ccc1F. The Morgan fingerprint density at radius 1 is 1.24 bits per heavy atom. The summed E-state index contributed by atoms with van der Waals surface area (Å²) in [5.41, 5.74) is 4.89. The summed E-state index contributed by atoms with van der Waals surface area (Å²) in [6.07, 6.45) is 9.13. The highest BCUT2D eigenvalue weighted by Crippen LogP contribution is 2.35. The lowest BCUT2D eigenvalue weighted by atomic mass is 9.86. The fourth-order valence-electron chi connectivity index (χ4n) is 3.12. The van der Waals surface area contributed by atoms with Crippen molar-refractivity contribution < 1.29 is 8.78 Å². The van der Waals surface area contributed by atoms with Gasteiger partial charge in [0.05, 0.1) is 0 Å². The molecule has 1 aromatic rings. The highest BCUT2D eigenvalue weighted by molar-refractivity contribution is 6.83. The number of hydrogen-bond acceptors (Lipinski definition) is 1. The first-order valence-corrected chi connectivity index (χ1v) is 12.4. The van der Waals surface area contributed by atoms with E-state index in [1.807, 2.05) is 12.2 Å². The lowest BCUT2D eigenvalue weighted by molar-refractivity contribution is 0.382. The highest BCUT2D eigenvalue weighted by Gasteiger charge is 2.30. The summed E-state index contributed by atoms with van der Waals surface area (Å²) in [7, 11) is -1.49. The topological polar surface area (TPSA) is 3.24 Å². The molecule has 1 aromatic carbocycles. The molecule has 1 unspecified atom stereocenters. The van der Waals surface area contributed by atoms with Crippen LogP contribution in [-0.2, 0) is 0 Å². The Hall–Kier alpha value is -1.86. The van der Waals surface area contributed by atoms with Crippen molar-refractivity contribution in [2.24, 2.45) is 0 Å². The third-order valence-corrected chi connectivity index (χ3v) is 5.45. The number of allylic oxidation sites excluding steroid dienone is 2. The molecule has 1 saturated carbocycles. The van der Waals surface area contributed by atoms with E-state index in [9.17, 15) is 8.78 Å². The summed E-state index contributed by atoms with van der Waals surface area (Å²) in [6.45, 7) is 7.34. The summed E-state index contributed by atoms with van der Waals surface area (Å²) in [5, 5.41) is 0. The number of hydrogen-bond donors (Lipinski definition) is 0. The maximum Gasteiger partial charge on any atom is 0.129 e. The lowest BCUT2D eigenvalue weighted by Gasteiger charge is -2.29. The van der Waals surface area contributed by atoms with E-state index >= 15 is 0 Å². The molecule has 1 nitrogen and oxygen atoms in total. The monoisotopic (exact) mass is 357 g/mol. The molecule has 4 heteroatoms. The molecular formula is C21H25F2NSi. The van der Waals surface area contributed by atoms with E-state index in [0.29, 0.717) is 18.0 Å². The van der Waals surface area contributed by atoms with E-state index < -0.39 is 13.9 Å². The van der Waals surface area contributed by atoms with Gasteiger partial charge in [-0.1, -0.05) is 25.7 Å². The minimum atomic E-state index is -1.49. The number of nitrogens with zero attached hydrogens (tertiary/aromatic N) is 1. The van der Waals surface area contributed by atoms with Crippen LogP contribution >= 0.6 is 0 Å². The molecule has 1 fully saturated rings. The van der Waals surface area contributed by atoms with Gasteiger partial charge in [0.1, 0.15) is 19.7 Å². The molecule has 0 aromatic heterocycles. The summed E-state index contributed by atoms with van der Waals surface area (Å²) >= 11 is 0. The van der Waals surface area contributed by atoms with Crippen LogP contribution in [0.5, 0.6) is 0 Å². The van der Waals surface area contributed by atoms with Crippen LogP contribution in [0.3, 0.4) is 0 Å². The molecule has 1 atom stereocenters. The average molecular weight is 358 g/mol. The Labute approximate surface area is 150 Å². The lowest BCUT2D eigenvalue weighted by Crippen LogP contribution is -2.27. The van der Waals surface area contributed by atoms with Gasteiger partial charge in [0.15, 0.2) is 0 Å². The largest absolute Gasteiger partial charge is 0.370 e. The first-order chi connectivity index (χ1) is 11.8. The molecule has 0 amide bonds. The molecule has 0 N–H and O–H groups in total. The fraction of sp³-hybridized carbons (Fsp3) is 0.429. The molecule has 1 aliphatic carbocycles. The van der Waals surface area contributed by atoms with Crippen molar-refractivity contribution in [2.45, 2.75) is 50.9 Å². The Balaban J connectivity index is 1.90. The predicted molar refractivity (Wildman–Crippen MR) is 102 cm³/mol. The van der Waals surface area contributed by atoms with Crippen LogP contribution in [0.4, 0.5) is 8.78 Å². The van der Waals surface area contributed by atoms with Crippen molar-refractivity contribution in [2.75, 3.05) is 6.54 Å². The van der Waals surface area contributed by atoms with Crippen LogP contribution in [0, 0.1) is 23.1 Å². The Morgan fingerprint density at radius 2 is 2.00 bits per heavy atom. The van der Waals surface area contributed by atoms with E-state index in [2.05, 4.69) is 42.2 Å². The highest BCUT2D eigenvalue weighted by atomic mass is 28.3. The normalized spacial score (nSPS) is 18.4. The van der Waals surface area contributed by atoms with Gasteiger partial charge in [-0.15, -0.1) is 11.5 Å². The number of benzene rings is 1. The minimum Gasteiger partial charge on any atom is -0.370 e. The van der Waals surface area contributed by atoms with Crippen LogP contribution in [0.1, 0.15) is 30.7 Å². The Kier molecular flexibility index (Phi) is 5.15. The van der Waals surface area contributed by atoms with Crippen LogP contribution < -0.4 is 0 Å². The van der Waals surface area contributed by atoms with Gasteiger partial charge in [0.2, 0.25) is 0 Å². The zero-order valence-corrected chi connectivity index (χ0v) is 16.2. The molecular weight excluding hydrogens is 332 g/mol. The molecule has 1 heterocycles. The molecule has 3 rings (SSSR count). The van der Waals surface area contributed by atoms with Gasteiger partial charge < -0.3 is 4.90 Å². The van der Waals surface area contributed by atoms with E-state index in [-0.39, 0.29) is 11.7 Å². The molecule has 0 spiro atoms. The van der Waals surface area contributed by atoms with Crippen LogP contribution in [0.25, 0.3) is 0 Å². The standard InChI is InChI=1S/C21H25F2NSi/c1-25(2,3)13-5-7-19(20-14-17(22)8-11-21(20)23)16-6-4-12-24(15-16)18-9-10-18/h4,6,8,11-12,14,18-19H,7,9-10,15H2,1-3H3. The smallest absolute Gasteiger partial charge is 0.129 e.